The number of nitrogens with one attached hydrogen (secondary N) is 1. The molecular weight excluding hydrogens is 322 g/mol. The van der Waals surface area contributed by atoms with E-state index < -0.39 is 0 Å². The number of aliphatic hydroxyl groups is 1. The summed E-state index contributed by atoms with van der Waals surface area (Å²) in [5.41, 5.74) is 1.37. The van der Waals surface area contributed by atoms with Crippen molar-refractivity contribution in [2.75, 3.05) is 13.2 Å². The van der Waals surface area contributed by atoms with Gasteiger partial charge in [0, 0.05) is 23.8 Å². The van der Waals surface area contributed by atoms with Crippen LogP contribution < -0.4 is 5.32 Å². The molecule has 1 heterocycles. The van der Waals surface area contributed by atoms with Crippen LogP contribution in [0.3, 0.4) is 0 Å². The van der Waals surface area contributed by atoms with Crippen molar-refractivity contribution in [2.24, 2.45) is 5.92 Å². The molecule has 5 nitrogen and oxygen atoms in total. The van der Waals surface area contributed by atoms with Gasteiger partial charge in [0.15, 0.2) is 0 Å². The number of nitrogens with zero attached hydrogens (tertiary/aromatic N) is 2. The molecule has 0 aliphatic heterocycles. The van der Waals surface area contributed by atoms with E-state index in [-0.39, 0.29) is 18.4 Å². The summed E-state index contributed by atoms with van der Waals surface area (Å²) in [5.74, 6) is -0.148. The molecular formula is C14H16BrN3O2. The normalized spacial score (nSPS) is 12.2. The van der Waals surface area contributed by atoms with Crippen molar-refractivity contribution in [1.82, 2.24) is 15.1 Å². The molecule has 1 atom stereocenters. The van der Waals surface area contributed by atoms with Crippen LogP contribution in [0.4, 0.5) is 0 Å². The topological polar surface area (TPSA) is 67.2 Å². The van der Waals surface area contributed by atoms with E-state index in [4.69, 9.17) is 5.11 Å². The van der Waals surface area contributed by atoms with Gasteiger partial charge >= 0.3 is 0 Å². The fourth-order valence-corrected chi connectivity index (χ4v) is 2.02. The molecule has 0 aliphatic rings. The van der Waals surface area contributed by atoms with E-state index in [0.717, 1.165) is 10.2 Å². The summed E-state index contributed by atoms with van der Waals surface area (Å²) in [6.45, 7) is 2.36. The molecule has 0 spiro atoms. The Kier molecular flexibility index (Phi) is 4.92. The molecule has 2 N–H and O–H groups in total. The quantitative estimate of drug-likeness (QED) is 0.876. The summed E-state index contributed by atoms with van der Waals surface area (Å²) < 4.78 is 2.60. The molecule has 1 unspecified atom stereocenters. The lowest BCUT2D eigenvalue weighted by molar-refractivity contribution is 0.0942. The number of benzene rings is 1. The second-order valence-electron chi connectivity index (χ2n) is 4.65. The van der Waals surface area contributed by atoms with Gasteiger partial charge in [0.25, 0.3) is 5.91 Å². The Labute approximate surface area is 125 Å². The number of aromatic nitrogens is 2. The van der Waals surface area contributed by atoms with Crippen LogP contribution in [0.5, 0.6) is 0 Å². The van der Waals surface area contributed by atoms with Gasteiger partial charge in [0.05, 0.1) is 17.4 Å². The highest BCUT2D eigenvalue weighted by Gasteiger charge is 2.10. The van der Waals surface area contributed by atoms with E-state index in [0.29, 0.717) is 12.1 Å². The Bertz CT molecular complexity index is 598. The zero-order valence-corrected chi connectivity index (χ0v) is 12.7. The van der Waals surface area contributed by atoms with Gasteiger partial charge in [-0.15, -0.1) is 0 Å². The highest BCUT2D eigenvalue weighted by molar-refractivity contribution is 9.10. The van der Waals surface area contributed by atoms with Crippen LogP contribution in [-0.4, -0.2) is 33.9 Å². The number of carbonyl (C=O) groups excluding carboxylic acids is 1. The lowest BCUT2D eigenvalue weighted by Crippen LogP contribution is -2.29. The highest BCUT2D eigenvalue weighted by atomic mass is 79.9. The van der Waals surface area contributed by atoms with Crippen molar-refractivity contribution in [3.05, 3.63) is 46.7 Å². The minimum absolute atomic E-state index is 0.0408. The molecule has 106 valence electrons. The second-order valence-corrected chi connectivity index (χ2v) is 5.57. The Morgan fingerprint density at radius 1 is 1.55 bits per heavy atom. The number of hydrogen-bond donors (Lipinski definition) is 2. The average Bonchev–Trinajstić information content (AvgIpc) is 2.94. The Morgan fingerprint density at radius 3 is 3.05 bits per heavy atom. The van der Waals surface area contributed by atoms with Crippen molar-refractivity contribution >= 4 is 21.8 Å². The monoisotopic (exact) mass is 337 g/mol. The van der Waals surface area contributed by atoms with E-state index in [2.05, 4.69) is 26.3 Å². The van der Waals surface area contributed by atoms with Crippen LogP contribution in [0.15, 0.2) is 41.1 Å². The Hall–Kier alpha value is -1.66. The van der Waals surface area contributed by atoms with E-state index in [1.54, 1.807) is 10.9 Å². The molecule has 0 fully saturated rings. The predicted octanol–water partition coefficient (Wildman–Crippen LogP) is 1.99. The highest BCUT2D eigenvalue weighted by Crippen LogP contribution is 2.15. The van der Waals surface area contributed by atoms with Gasteiger partial charge in [-0.25, -0.2) is 4.68 Å². The lowest BCUT2D eigenvalue weighted by atomic mass is 10.2. The first-order chi connectivity index (χ1) is 9.60. The van der Waals surface area contributed by atoms with Crippen LogP contribution in [0, 0.1) is 5.92 Å². The summed E-state index contributed by atoms with van der Waals surface area (Å²) in [5, 5.41) is 15.9. The minimum Gasteiger partial charge on any atom is -0.396 e. The van der Waals surface area contributed by atoms with E-state index in [1.165, 1.54) is 6.20 Å². The average molecular weight is 338 g/mol. The number of carbonyl (C=O) groups is 1. The van der Waals surface area contributed by atoms with Gasteiger partial charge in [0.2, 0.25) is 0 Å². The van der Waals surface area contributed by atoms with Gasteiger partial charge in [-0.05, 0) is 24.1 Å². The van der Waals surface area contributed by atoms with Crippen molar-refractivity contribution in [3.8, 4) is 5.69 Å². The van der Waals surface area contributed by atoms with Crippen LogP contribution >= 0.6 is 15.9 Å². The summed E-state index contributed by atoms with van der Waals surface area (Å²) in [4.78, 5) is 11.9. The van der Waals surface area contributed by atoms with E-state index in [1.807, 2.05) is 31.2 Å². The first-order valence-electron chi connectivity index (χ1n) is 6.30. The Balaban J connectivity index is 2.07. The maximum absolute atomic E-state index is 11.9. The third-order valence-corrected chi connectivity index (χ3v) is 3.33. The molecule has 6 heteroatoms. The van der Waals surface area contributed by atoms with Crippen LogP contribution in [0.25, 0.3) is 5.69 Å². The molecule has 0 bridgehead atoms. The van der Waals surface area contributed by atoms with Crippen LogP contribution in [-0.2, 0) is 0 Å². The SMILES string of the molecule is CC(CO)CNC(=O)c1cnn(-c2cccc(Br)c2)c1. The van der Waals surface area contributed by atoms with Gasteiger partial charge in [0.1, 0.15) is 0 Å². The zero-order chi connectivity index (χ0) is 14.5. The first-order valence-corrected chi connectivity index (χ1v) is 7.09. The molecule has 0 radical (unpaired) electrons. The van der Waals surface area contributed by atoms with E-state index in [9.17, 15) is 4.79 Å². The van der Waals surface area contributed by atoms with Crippen molar-refractivity contribution in [3.63, 3.8) is 0 Å². The second kappa shape index (κ2) is 6.67. The molecule has 1 aromatic carbocycles. The van der Waals surface area contributed by atoms with Crippen molar-refractivity contribution in [1.29, 1.82) is 0 Å². The number of halogens is 1. The van der Waals surface area contributed by atoms with Crippen LogP contribution in [0.2, 0.25) is 0 Å². The third-order valence-electron chi connectivity index (χ3n) is 2.84. The largest absolute Gasteiger partial charge is 0.396 e. The summed E-state index contributed by atoms with van der Waals surface area (Å²) >= 11 is 3.40. The fraction of sp³-hybridized carbons (Fsp3) is 0.286. The molecule has 0 aliphatic carbocycles. The maximum Gasteiger partial charge on any atom is 0.254 e. The molecule has 0 saturated carbocycles. The zero-order valence-electron chi connectivity index (χ0n) is 11.1. The van der Waals surface area contributed by atoms with Gasteiger partial charge in [-0.1, -0.05) is 28.9 Å². The molecule has 1 aromatic heterocycles. The van der Waals surface area contributed by atoms with Crippen molar-refractivity contribution < 1.29 is 9.90 Å². The van der Waals surface area contributed by atoms with Crippen molar-refractivity contribution in [2.45, 2.75) is 6.92 Å². The minimum atomic E-state index is -0.188. The smallest absolute Gasteiger partial charge is 0.254 e. The molecule has 2 aromatic rings. The Morgan fingerprint density at radius 2 is 2.35 bits per heavy atom. The number of aliphatic hydroxyl groups excluding tert-OH is 1. The van der Waals surface area contributed by atoms with E-state index >= 15 is 0 Å². The standard InChI is InChI=1S/C14H16BrN3O2/c1-10(9-19)6-16-14(20)11-7-17-18(8-11)13-4-2-3-12(15)5-13/h2-5,7-8,10,19H,6,9H2,1H3,(H,16,20). The first kappa shape index (κ1) is 14.7. The van der Waals surface area contributed by atoms with Gasteiger partial charge in [-0.2, -0.15) is 5.10 Å². The van der Waals surface area contributed by atoms with Gasteiger partial charge in [-0.3, -0.25) is 4.79 Å². The van der Waals surface area contributed by atoms with Crippen LogP contribution in [0.1, 0.15) is 17.3 Å². The predicted molar refractivity (Wildman–Crippen MR) is 79.8 cm³/mol. The summed E-state index contributed by atoms with van der Waals surface area (Å²) in [6.07, 6.45) is 3.21. The molecule has 1 amide bonds. The lowest BCUT2D eigenvalue weighted by Gasteiger charge is -2.08. The number of amides is 1. The molecule has 2 rings (SSSR count). The third kappa shape index (κ3) is 3.68. The molecule has 0 saturated heterocycles. The number of hydrogen-bond acceptors (Lipinski definition) is 3. The fourth-order valence-electron chi connectivity index (χ4n) is 1.63. The van der Waals surface area contributed by atoms with Gasteiger partial charge < -0.3 is 10.4 Å². The number of rotatable bonds is 5. The summed E-state index contributed by atoms with van der Waals surface area (Å²) in [7, 11) is 0. The maximum atomic E-state index is 11.9. The summed E-state index contributed by atoms with van der Waals surface area (Å²) in [6, 6.07) is 7.66. The molecule has 20 heavy (non-hydrogen) atoms.